The van der Waals surface area contributed by atoms with Crippen LogP contribution in [0.2, 0.25) is 5.02 Å². The van der Waals surface area contributed by atoms with E-state index in [2.05, 4.69) is 9.73 Å². The first-order valence-electron chi connectivity index (χ1n) is 10.4. The van der Waals surface area contributed by atoms with Crippen molar-refractivity contribution < 1.29 is 38.2 Å². The van der Waals surface area contributed by atoms with E-state index in [0.717, 1.165) is 16.7 Å². The van der Waals surface area contributed by atoms with E-state index in [1.807, 2.05) is 30.3 Å². The second-order valence-corrected chi connectivity index (χ2v) is 8.12. The van der Waals surface area contributed by atoms with E-state index in [4.69, 9.17) is 25.9 Å². The summed E-state index contributed by atoms with van der Waals surface area (Å²) in [5, 5.41) is 21.8. The minimum Gasteiger partial charge on any atom is -0.479 e. The van der Waals surface area contributed by atoms with Crippen LogP contribution in [0.4, 0.5) is 0 Å². The molecule has 3 N–H and O–H groups in total. The normalized spacial score (nSPS) is 12.5. The number of carboxylic acids is 1. The second-order valence-electron chi connectivity index (χ2n) is 7.68. The molecule has 0 aliphatic heterocycles. The number of carbonyl (C=O) groups is 3. The van der Waals surface area contributed by atoms with Gasteiger partial charge in [0, 0.05) is 17.5 Å². The molecule has 10 nitrogen and oxygen atoms in total. The van der Waals surface area contributed by atoms with E-state index < -0.39 is 42.4 Å². The van der Waals surface area contributed by atoms with E-state index in [1.165, 1.54) is 6.92 Å². The number of nitrogens with one attached hydrogen (secondary N) is 1. The van der Waals surface area contributed by atoms with Crippen molar-refractivity contribution in [1.29, 1.82) is 0 Å². The minimum absolute atomic E-state index is 0.0474. The molecule has 0 aliphatic carbocycles. The summed E-state index contributed by atoms with van der Waals surface area (Å²) in [7, 11) is 0. The van der Waals surface area contributed by atoms with Gasteiger partial charge in [-0.15, -0.1) is 0 Å². The first kappa shape index (κ1) is 25.7. The smallest absolute Gasteiger partial charge is 0.479 e. The van der Waals surface area contributed by atoms with Crippen molar-refractivity contribution in [3.63, 3.8) is 0 Å². The van der Waals surface area contributed by atoms with Gasteiger partial charge >= 0.3 is 23.7 Å². The largest absolute Gasteiger partial charge is 0.519 e. The van der Waals surface area contributed by atoms with Crippen LogP contribution in [0.5, 0.6) is 0 Å². The van der Waals surface area contributed by atoms with Gasteiger partial charge in [-0.25, -0.2) is 14.4 Å². The van der Waals surface area contributed by atoms with Gasteiger partial charge in [0.25, 0.3) is 0 Å². The summed E-state index contributed by atoms with van der Waals surface area (Å²) in [5.41, 5.74) is 2.52. The standard InChI is InChI=1S/C24H22ClNO9/c1-13-20(35-24(32)34-13)12-33-23(31)21(28)26-18(11-19(27)22(29)30)9-14-5-7-15(8-6-14)16-3-2-4-17(25)10-16/h2-8,10,18-19,27H,9,11-12H2,1H3,(H,26,28)(H,29,30). The van der Waals surface area contributed by atoms with Gasteiger partial charge in [0.1, 0.15) is 0 Å². The lowest BCUT2D eigenvalue weighted by Gasteiger charge is -2.20. The van der Waals surface area contributed by atoms with Crippen molar-refractivity contribution in [2.45, 2.75) is 38.5 Å². The molecule has 0 saturated carbocycles. The van der Waals surface area contributed by atoms with Gasteiger partial charge in [-0.3, -0.25) is 4.79 Å². The number of hydrogen-bond acceptors (Lipinski definition) is 8. The third-order valence-electron chi connectivity index (χ3n) is 5.08. The Morgan fingerprint density at radius 1 is 1.09 bits per heavy atom. The number of benzene rings is 2. The monoisotopic (exact) mass is 503 g/mol. The SMILES string of the molecule is Cc1oc(=O)oc1COC(=O)C(=O)NC(Cc1ccc(-c2cccc(Cl)c2)cc1)CC(O)C(=O)O. The van der Waals surface area contributed by atoms with Crippen LogP contribution < -0.4 is 11.1 Å². The van der Waals surface area contributed by atoms with Gasteiger partial charge in [0.2, 0.25) is 0 Å². The maximum absolute atomic E-state index is 12.3. The maximum Gasteiger partial charge on any atom is 0.519 e. The number of hydrogen-bond donors (Lipinski definition) is 3. The lowest BCUT2D eigenvalue weighted by Crippen LogP contribution is -2.44. The molecule has 35 heavy (non-hydrogen) atoms. The van der Waals surface area contributed by atoms with Crippen molar-refractivity contribution >= 4 is 29.4 Å². The average molecular weight is 504 g/mol. The van der Waals surface area contributed by atoms with Gasteiger partial charge in [-0.05, 0) is 42.2 Å². The highest BCUT2D eigenvalue weighted by atomic mass is 35.5. The molecule has 2 atom stereocenters. The number of aryl methyl sites for hydroxylation is 1. The number of rotatable bonds is 9. The highest BCUT2D eigenvalue weighted by molar-refractivity contribution is 6.32. The zero-order valence-electron chi connectivity index (χ0n) is 18.5. The molecular weight excluding hydrogens is 482 g/mol. The Morgan fingerprint density at radius 3 is 2.40 bits per heavy atom. The number of amides is 1. The summed E-state index contributed by atoms with van der Waals surface area (Å²) in [6.45, 7) is 0.923. The Labute approximate surface area is 204 Å². The van der Waals surface area contributed by atoms with Gasteiger partial charge in [0.05, 0.1) is 0 Å². The summed E-state index contributed by atoms with van der Waals surface area (Å²) in [6.07, 6.45) is -1.97. The van der Waals surface area contributed by atoms with Crippen LogP contribution in [0, 0.1) is 6.92 Å². The highest BCUT2D eigenvalue weighted by Crippen LogP contribution is 2.23. The van der Waals surface area contributed by atoms with Gasteiger partial charge in [0.15, 0.2) is 24.2 Å². The van der Waals surface area contributed by atoms with E-state index in [-0.39, 0.29) is 24.4 Å². The van der Waals surface area contributed by atoms with Gasteiger partial charge < -0.3 is 29.1 Å². The molecule has 0 bridgehead atoms. The zero-order valence-corrected chi connectivity index (χ0v) is 19.3. The number of aliphatic hydroxyl groups excluding tert-OH is 1. The quantitative estimate of drug-likeness (QED) is 0.295. The molecule has 0 radical (unpaired) electrons. The maximum atomic E-state index is 12.3. The predicted molar refractivity (Wildman–Crippen MR) is 123 cm³/mol. The Morgan fingerprint density at radius 2 is 1.80 bits per heavy atom. The zero-order chi connectivity index (χ0) is 25.5. The number of carbonyl (C=O) groups excluding carboxylic acids is 2. The van der Waals surface area contributed by atoms with Crippen molar-refractivity contribution in [2.75, 3.05) is 0 Å². The summed E-state index contributed by atoms with van der Waals surface area (Å²) in [6, 6.07) is 13.6. The van der Waals surface area contributed by atoms with Gasteiger partial charge in [-0.1, -0.05) is 48.0 Å². The molecular formula is C24H22ClNO9. The number of aliphatic hydroxyl groups is 1. The third-order valence-corrected chi connectivity index (χ3v) is 5.31. The average Bonchev–Trinajstić information content (AvgIpc) is 3.14. The van der Waals surface area contributed by atoms with E-state index >= 15 is 0 Å². The van der Waals surface area contributed by atoms with Crippen molar-refractivity contribution in [2.24, 2.45) is 0 Å². The van der Waals surface area contributed by atoms with Crippen molar-refractivity contribution in [3.8, 4) is 11.1 Å². The van der Waals surface area contributed by atoms with Crippen LogP contribution >= 0.6 is 11.6 Å². The first-order chi connectivity index (χ1) is 16.6. The number of ether oxygens (including phenoxy) is 1. The Kier molecular flexibility index (Phi) is 8.45. The topological polar surface area (TPSA) is 156 Å². The van der Waals surface area contributed by atoms with Crippen LogP contribution in [-0.2, 0) is 32.1 Å². The van der Waals surface area contributed by atoms with E-state index in [9.17, 15) is 24.3 Å². The molecule has 184 valence electrons. The van der Waals surface area contributed by atoms with E-state index in [1.54, 1.807) is 18.2 Å². The fraction of sp³-hybridized carbons (Fsp3) is 0.250. The Bertz CT molecular complexity index is 1260. The first-order valence-corrected chi connectivity index (χ1v) is 10.8. The number of carboxylic acid groups (broad SMARTS) is 1. The van der Waals surface area contributed by atoms with Crippen LogP contribution in [-0.4, -0.2) is 40.2 Å². The van der Waals surface area contributed by atoms with Gasteiger partial charge in [-0.2, -0.15) is 0 Å². The summed E-state index contributed by atoms with van der Waals surface area (Å²) in [4.78, 5) is 46.6. The fourth-order valence-corrected chi connectivity index (χ4v) is 3.49. The van der Waals surface area contributed by atoms with Crippen LogP contribution in [0.1, 0.15) is 23.5 Å². The lowest BCUT2D eigenvalue weighted by molar-refractivity contribution is -0.156. The highest BCUT2D eigenvalue weighted by Gasteiger charge is 2.26. The molecule has 3 aromatic rings. The van der Waals surface area contributed by atoms with Crippen LogP contribution in [0.25, 0.3) is 11.1 Å². The molecule has 0 spiro atoms. The molecule has 1 heterocycles. The Balaban J connectivity index is 1.67. The molecule has 3 rings (SSSR count). The van der Waals surface area contributed by atoms with Crippen LogP contribution in [0.15, 0.2) is 62.2 Å². The second kappa shape index (κ2) is 11.5. The molecule has 2 unspecified atom stereocenters. The summed E-state index contributed by atoms with van der Waals surface area (Å²) >= 11 is 6.04. The van der Waals surface area contributed by atoms with Crippen LogP contribution in [0.3, 0.4) is 0 Å². The number of halogens is 1. The molecule has 1 amide bonds. The summed E-state index contributed by atoms with van der Waals surface area (Å²) in [5.74, 6) is -4.80. The molecule has 0 saturated heterocycles. The number of esters is 1. The van der Waals surface area contributed by atoms with Crippen molar-refractivity contribution in [3.05, 3.63) is 81.3 Å². The lowest BCUT2D eigenvalue weighted by atomic mass is 9.98. The van der Waals surface area contributed by atoms with E-state index in [0.29, 0.717) is 5.02 Å². The fourth-order valence-electron chi connectivity index (χ4n) is 3.30. The molecule has 0 aliphatic rings. The molecule has 1 aromatic heterocycles. The number of aliphatic carboxylic acids is 1. The Hall–Kier alpha value is -3.89. The van der Waals surface area contributed by atoms with Crippen molar-refractivity contribution in [1.82, 2.24) is 5.32 Å². The minimum atomic E-state index is -1.76. The summed E-state index contributed by atoms with van der Waals surface area (Å²) < 4.78 is 14.2. The molecule has 11 heteroatoms. The molecule has 2 aromatic carbocycles. The third kappa shape index (κ3) is 7.29. The molecule has 0 fully saturated rings. The predicted octanol–water partition coefficient (Wildman–Crippen LogP) is 2.47.